The van der Waals surface area contributed by atoms with Crippen LogP contribution in [0.4, 0.5) is 0 Å². The number of sulfonamides is 1. The first kappa shape index (κ1) is 18.3. The van der Waals surface area contributed by atoms with Gasteiger partial charge in [-0.3, -0.25) is 4.79 Å². The first-order valence-electron chi connectivity index (χ1n) is 9.56. The van der Waals surface area contributed by atoms with Gasteiger partial charge in [0, 0.05) is 24.7 Å². The molecule has 2 aliphatic carbocycles. The van der Waals surface area contributed by atoms with Gasteiger partial charge in [0.25, 0.3) is 5.91 Å². The van der Waals surface area contributed by atoms with Crippen molar-refractivity contribution in [2.24, 2.45) is 11.8 Å². The molecule has 2 saturated carbocycles. The summed E-state index contributed by atoms with van der Waals surface area (Å²) in [5, 5.41) is 3.29. The number of amides is 1. The third-order valence-electron chi connectivity index (χ3n) is 6.18. The minimum atomic E-state index is -3.66. The molecule has 1 aromatic carbocycles. The number of carbonyl (C=O) groups is 1. The Labute approximate surface area is 160 Å². The highest BCUT2D eigenvalue weighted by Crippen LogP contribution is 2.44. The summed E-state index contributed by atoms with van der Waals surface area (Å²) in [5.41, 5.74) is 0.368. The number of halogens is 1. The molecule has 142 valence electrons. The van der Waals surface area contributed by atoms with E-state index in [1.807, 2.05) is 0 Å². The fourth-order valence-electron chi connectivity index (χ4n) is 4.76. The first-order valence-corrected chi connectivity index (χ1v) is 11.4. The van der Waals surface area contributed by atoms with Gasteiger partial charge in [-0.1, -0.05) is 24.4 Å². The van der Waals surface area contributed by atoms with Gasteiger partial charge in [0.2, 0.25) is 10.0 Å². The Hall–Kier alpha value is -1.11. The maximum Gasteiger partial charge on any atom is 0.251 e. The molecule has 3 atom stereocenters. The SMILES string of the molecule is O=C(N[C@H]1C[C@@H]2CC[C@@H]1C2)c1ccc(Cl)c(S(=O)(=O)N2CCCCC2)c1. The summed E-state index contributed by atoms with van der Waals surface area (Å²) in [6, 6.07) is 4.79. The van der Waals surface area contributed by atoms with E-state index in [9.17, 15) is 13.2 Å². The predicted octanol–water partition coefficient (Wildman–Crippen LogP) is 3.43. The van der Waals surface area contributed by atoms with E-state index in [0.29, 0.717) is 24.6 Å². The van der Waals surface area contributed by atoms with Crippen LogP contribution in [0.1, 0.15) is 55.3 Å². The van der Waals surface area contributed by atoms with Crippen molar-refractivity contribution in [3.05, 3.63) is 28.8 Å². The molecule has 3 aliphatic rings. The molecule has 0 unspecified atom stereocenters. The normalized spacial score (nSPS) is 29.0. The molecule has 2 bridgehead atoms. The number of hydrogen-bond acceptors (Lipinski definition) is 3. The van der Waals surface area contributed by atoms with E-state index < -0.39 is 10.0 Å². The fourth-order valence-corrected chi connectivity index (χ4v) is 6.78. The van der Waals surface area contributed by atoms with Crippen LogP contribution in [-0.2, 0) is 10.0 Å². The number of rotatable bonds is 4. The minimum Gasteiger partial charge on any atom is -0.349 e. The highest BCUT2D eigenvalue weighted by molar-refractivity contribution is 7.89. The minimum absolute atomic E-state index is 0.0432. The van der Waals surface area contributed by atoms with Gasteiger partial charge >= 0.3 is 0 Å². The Bertz CT molecular complexity index is 805. The highest BCUT2D eigenvalue weighted by Gasteiger charge is 2.40. The number of piperidine rings is 1. The van der Waals surface area contributed by atoms with Crippen molar-refractivity contribution in [1.82, 2.24) is 9.62 Å². The molecular formula is C19H25ClN2O3S. The summed E-state index contributed by atoms with van der Waals surface area (Å²) in [5.74, 6) is 1.12. The number of nitrogens with one attached hydrogen (secondary N) is 1. The van der Waals surface area contributed by atoms with E-state index in [-0.39, 0.29) is 21.9 Å². The lowest BCUT2D eigenvalue weighted by Gasteiger charge is -2.26. The van der Waals surface area contributed by atoms with E-state index in [1.54, 1.807) is 6.07 Å². The number of hydrogen-bond donors (Lipinski definition) is 1. The maximum absolute atomic E-state index is 12.9. The second-order valence-corrected chi connectivity index (χ2v) is 10.2. The topological polar surface area (TPSA) is 66.5 Å². The van der Waals surface area contributed by atoms with E-state index in [1.165, 1.54) is 35.7 Å². The summed E-state index contributed by atoms with van der Waals surface area (Å²) in [6.07, 6.45) is 7.48. The number of carbonyl (C=O) groups excluding carboxylic acids is 1. The van der Waals surface area contributed by atoms with Crippen molar-refractivity contribution in [1.29, 1.82) is 0 Å². The second kappa shape index (κ2) is 7.13. The zero-order valence-electron chi connectivity index (χ0n) is 14.8. The lowest BCUT2D eigenvalue weighted by atomic mass is 9.95. The molecule has 0 radical (unpaired) electrons. The van der Waals surface area contributed by atoms with E-state index in [2.05, 4.69) is 5.32 Å². The van der Waals surface area contributed by atoms with Crippen LogP contribution in [0.25, 0.3) is 0 Å². The molecule has 0 aromatic heterocycles. The summed E-state index contributed by atoms with van der Waals surface area (Å²) in [7, 11) is -3.66. The number of nitrogens with zero attached hydrogens (tertiary/aromatic N) is 1. The lowest BCUT2D eigenvalue weighted by Crippen LogP contribution is -2.39. The molecule has 1 amide bonds. The van der Waals surface area contributed by atoms with Gasteiger partial charge < -0.3 is 5.32 Å². The Morgan fingerprint density at radius 1 is 1.12 bits per heavy atom. The Balaban J connectivity index is 1.54. The molecule has 3 fully saturated rings. The summed E-state index contributed by atoms with van der Waals surface area (Å²) >= 11 is 6.19. The quantitative estimate of drug-likeness (QED) is 0.847. The van der Waals surface area contributed by atoms with Crippen molar-refractivity contribution in [2.45, 2.75) is 55.9 Å². The monoisotopic (exact) mass is 396 g/mol. The molecule has 1 heterocycles. The van der Waals surface area contributed by atoms with E-state index >= 15 is 0 Å². The van der Waals surface area contributed by atoms with Gasteiger partial charge in [-0.05, 0) is 62.1 Å². The Morgan fingerprint density at radius 3 is 2.54 bits per heavy atom. The molecule has 7 heteroatoms. The molecule has 26 heavy (non-hydrogen) atoms. The van der Waals surface area contributed by atoms with E-state index in [0.717, 1.165) is 31.6 Å². The molecule has 5 nitrogen and oxygen atoms in total. The van der Waals surface area contributed by atoms with Crippen molar-refractivity contribution in [3.63, 3.8) is 0 Å². The fraction of sp³-hybridized carbons (Fsp3) is 0.632. The summed E-state index contributed by atoms with van der Waals surface area (Å²) < 4.78 is 27.4. The van der Waals surface area contributed by atoms with Gasteiger partial charge in [-0.2, -0.15) is 4.31 Å². The van der Waals surface area contributed by atoms with Gasteiger partial charge in [-0.15, -0.1) is 0 Å². The van der Waals surface area contributed by atoms with Crippen LogP contribution in [0.15, 0.2) is 23.1 Å². The van der Waals surface area contributed by atoms with Gasteiger partial charge in [0.15, 0.2) is 0 Å². The van der Waals surface area contributed by atoms with Crippen LogP contribution in [0.2, 0.25) is 5.02 Å². The summed E-state index contributed by atoms with van der Waals surface area (Å²) in [4.78, 5) is 12.7. The smallest absolute Gasteiger partial charge is 0.251 e. The van der Waals surface area contributed by atoms with Gasteiger partial charge in [-0.25, -0.2) is 8.42 Å². The molecule has 4 rings (SSSR count). The largest absolute Gasteiger partial charge is 0.349 e. The Kier molecular flexibility index (Phi) is 5.01. The molecule has 1 saturated heterocycles. The predicted molar refractivity (Wildman–Crippen MR) is 101 cm³/mol. The van der Waals surface area contributed by atoms with Gasteiger partial charge in [0.05, 0.1) is 5.02 Å². The van der Waals surface area contributed by atoms with Crippen LogP contribution in [0, 0.1) is 11.8 Å². The van der Waals surface area contributed by atoms with Crippen molar-refractivity contribution >= 4 is 27.5 Å². The van der Waals surface area contributed by atoms with Crippen molar-refractivity contribution in [2.75, 3.05) is 13.1 Å². The maximum atomic E-state index is 12.9. The van der Waals surface area contributed by atoms with E-state index in [4.69, 9.17) is 11.6 Å². The summed E-state index contributed by atoms with van der Waals surface area (Å²) in [6.45, 7) is 1.03. The highest BCUT2D eigenvalue weighted by atomic mass is 35.5. The van der Waals surface area contributed by atoms with Crippen LogP contribution in [0.5, 0.6) is 0 Å². The number of fused-ring (bicyclic) bond motifs is 2. The molecule has 1 N–H and O–H groups in total. The molecule has 0 spiro atoms. The van der Waals surface area contributed by atoms with Crippen LogP contribution < -0.4 is 5.32 Å². The average molecular weight is 397 g/mol. The van der Waals surface area contributed by atoms with Crippen LogP contribution >= 0.6 is 11.6 Å². The zero-order chi connectivity index (χ0) is 18.3. The second-order valence-electron chi connectivity index (χ2n) is 7.86. The van der Waals surface area contributed by atoms with Crippen LogP contribution in [0.3, 0.4) is 0 Å². The molecule has 1 aromatic rings. The third kappa shape index (κ3) is 3.39. The third-order valence-corrected chi connectivity index (χ3v) is 8.56. The zero-order valence-corrected chi connectivity index (χ0v) is 16.4. The van der Waals surface area contributed by atoms with Gasteiger partial charge in [0.1, 0.15) is 4.90 Å². The van der Waals surface area contributed by atoms with Crippen molar-refractivity contribution in [3.8, 4) is 0 Å². The first-order chi connectivity index (χ1) is 12.4. The average Bonchev–Trinajstić information content (AvgIpc) is 3.25. The van der Waals surface area contributed by atoms with Crippen molar-refractivity contribution < 1.29 is 13.2 Å². The molecular weight excluding hydrogens is 372 g/mol. The number of benzene rings is 1. The Morgan fingerprint density at radius 2 is 1.88 bits per heavy atom. The lowest BCUT2D eigenvalue weighted by molar-refractivity contribution is 0.0922. The molecule has 1 aliphatic heterocycles. The standard InChI is InChI=1S/C19H25ClN2O3S/c20-16-7-6-15(19(23)21-17-11-13-4-5-14(17)10-13)12-18(16)26(24,25)22-8-2-1-3-9-22/h6-7,12-14,17H,1-5,8-11H2,(H,21,23)/t13-,14-,17+/m1/s1. The van der Waals surface area contributed by atoms with Crippen LogP contribution in [-0.4, -0.2) is 37.8 Å².